The molecule has 132 valence electrons. The van der Waals surface area contributed by atoms with Gasteiger partial charge >= 0.3 is 0 Å². The maximum atomic E-state index is 13.5. The molecule has 7 nitrogen and oxygen atoms in total. The van der Waals surface area contributed by atoms with Gasteiger partial charge in [0.05, 0.1) is 9.82 Å². The summed E-state index contributed by atoms with van der Waals surface area (Å²) in [7, 11) is -4.05. The first-order valence-electron chi connectivity index (χ1n) is 7.18. The number of benzene rings is 2. The number of aryl methyl sites for hydroxylation is 1. The minimum atomic E-state index is -4.05. The van der Waals surface area contributed by atoms with Crippen LogP contribution in [-0.4, -0.2) is 24.5 Å². The van der Waals surface area contributed by atoms with Gasteiger partial charge in [0.2, 0.25) is 5.91 Å². The number of nitro benzene ring substituents is 1. The lowest BCUT2D eigenvalue weighted by molar-refractivity contribution is -0.384. The zero-order valence-electron chi connectivity index (χ0n) is 13.4. The minimum absolute atomic E-state index is 0.138. The van der Waals surface area contributed by atoms with Gasteiger partial charge in [-0.2, -0.15) is 0 Å². The maximum absolute atomic E-state index is 13.5. The summed E-state index contributed by atoms with van der Waals surface area (Å²) in [6.07, 6.45) is 0. The number of rotatable bonds is 5. The van der Waals surface area contributed by atoms with Crippen LogP contribution in [0.15, 0.2) is 47.4 Å². The molecular weight excluding hydrogens is 351 g/mol. The van der Waals surface area contributed by atoms with E-state index in [-0.39, 0.29) is 16.3 Å². The van der Waals surface area contributed by atoms with Crippen molar-refractivity contribution in [1.82, 2.24) is 0 Å². The second kappa shape index (κ2) is 6.98. The fourth-order valence-corrected chi connectivity index (χ4v) is 3.28. The third kappa shape index (κ3) is 4.00. The molecule has 0 radical (unpaired) electrons. The Balaban J connectivity index is 2.21. The lowest BCUT2D eigenvalue weighted by Gasteiger charge is -2.13. The number of hydrogen-bond acceptors (Lipinski definition) is 5. The number of halogens is 1. The number of anilines is 1. The van der Waals surface area contributed by atoms with Crippen LogP contribution in [0.3, 0.4) is 0 Å². The molecular formula is C16H15FN2O5S. The van der Waals surface area contributed by atoms with Gasteiger partial charge in [-0.05, 0) is 43.7 Å². The molecule has 0 aliphatic carbocycles. The Morgan fingerprint density at radius 3 is 2.32 bits per heavy atom. The van der Waals surface area contributed by atoms with Crippen molar-refractivity contribution in [2.45, 2.75) is 24.0 Å². The first-order valence-corrected chi connectivity index (χ1v) is 8.73. The van der Waals surface area contributed by atoms with Crippen molar-refractivity contribution in [2.24, 2.45) is 0 Å². The molecule has 0 aromatic heterocycles. The van der Waals surface area contributed by atoms with E-state index in [1.54, 1.807) is 6.92 Å². The molecule has 1 N–H and O–H groups in total. The molecule has 0 saturated carbocycles. The highest BCUT2D eigenvalue weighted by Gasteiger charge is 2.30. The number of nitro groups is 1. The van der Waals surface area contributed by atoms with E-state index in [1.165, 1.54) is 19.1 Å². The summed E-state index contributed by atoms with van der Waals surface area (Å²) in [5.41, 5.74) is 0.273. The van der Waals surface area contributed by atoms with Crippen molar-refractivity contribution in [2.75, 3.05) is 5.32 Å². The number of nitrogens with one attached hydrogen (secondary N) is 1. The van der Waals surface area contributed by atoms with Crippen molar-refractivity contribution in [1.29, 1.82) is 0 Å². The Kier molecular flexibility index (Phi) is 5.17. The molecule has 2 aromatic rings. The molecule has 0 aliphatic heterocycles. The monoisotopic (exact) mass is 366 g/mol. The summed E-state index contributed by atoms with van der Waals surface area (Å²) >= 11 is 0. The van der Waals surface area contributed by atoms with E-state index >= 15 is 0 Å². The second-order valence-corrected chi connectivity index (χ2v) is 7.66. The Bertz CT molecular complexity index is 926. The van der Waals surface area contributed by atoms with Crippen LogP contribution < -0.4 is 5.32 Å². The number of carbonyl (C=O) groups is 1. The number of sulfone groups is 1. The SMILES string of the molecule is Cc1ccc(NC(=O)C(C)S(=O)(=O)c2ccc([N+](=O)[O-])cc2)cc1F. The van der Waals surface area contributed by atoms with Crippen LogP contribution >= 0.6 is 0 Å². The maximum Gasteiger partial charge on any atom is 0.269 e. The molecule has 1 atom stereocenters. The van der Waals surface area contributed by atoms with Gasteiger partial charge < -0.3 is 5.32 Å². The number of hydrogen-bond donors (Lipinski definition) is 1. The van der Waals surface area contributed by atoms with E-state index in [1.807, 2.05) is 0 Å². The van der Waals surface area contributed by atoms with Crippen molar-refractivity contribution >= 4 is 27.1 Å². The van der Waals surface area contributed by atoms with Gasteiger partial charge in [0.25, 0.3) is 5.69 Å². The highest BCUT2D eigenvalue weighted by molar-refractivity contribution is 7.92. The molecule has 2 aromatic carbocycles. The van der Waals surface area contributed by atoms with Gasteiger partial charge in [-0.3, -0.25) is 14.9 Å². The van der Waals surface area contributed by atoms with Crippen LogP contribution in [-0.2, 0) is 14.6 Å². The lowest BCUT2D eigenvalue weighted by Crippen LogP contribution is -2.32. The quantitative estimate of drug-likeness (QED) is 0.647. The predicted molar refractivity (Wildman–Crippen MR) is 89.5 cm³/mol. The highest BCUT2D eigenvalue weighted by atomic mass is 32.2. The average molecular weight is 366 g/mol. The van der Waals surface area contributed by atoms with Crippen LogP contribution in [0.4, 0.5) is 15.8 Å². The Morgan fingerprint density at radius 1 is 1.20 bits per heavy atom. The highest BCUT2D eigenvalue weighted by Crippen LogP contribution is 2.21. The van der Waals surface area contributed by atoms with Crippen molar-refractivity contribution in [3.63, 3.8) is 0 Å². The van der Waals surface area contributed by atoms with Crippen molar-refractivity contribution in [3.05, 3.63) is 64.0 Å². The van der Waals surface area contributed by atoms with E-state index in [2.05, 4.69) is 5.32 Å². The van der Waals surface area contributed by atoms with Gasteiger partial charge in [-0.15, -0.1) is 0 Å². The van der Waals surface area contributed by atoms with Crippen LogP contribution in [0.1, 0.15) is 12.5 Å². The Morgan fingerprint density at radius 2 is 1.80 bits per heavy atom. The van der Waals surface area contributed by atoms with Gasteiger partial charge in [0.1, 0.15) is 11.1 Å². The zero-order valence-corrected chi connectivity index (χ0v) is 14.2. The predicted octanol–water partition coefficient (Wildman–Crippen LogP) is 2.84. The largest absolute Gasteiger partial charge is 0.325 e. The first-order chi connectivity index (χ1) is 11.6. The van der Waals surface area contributed by atoms with Gasteiger partial charge in [-0.25, -0.2) is 12.8 Å². The Hall–Kier alpha value is -2.81. The van der Waals surface area contributed by atoms with E-state index in [4.69, 9.17) is 0 Å². The molecule has 1 unspecified atom stereocenters. The number of non-ortho nitro benzene ring substituents is 1. The van der Waals surface area contributed by atoms with Crippen molar-refractivity contribution < 1.29 is 22.5 Å². The summed E-state index contributed by atoms with van der Waals surface area (Å²) in [5.74, 6) is -1.36. The van der Waals surface area contributed by atoms with E-state index in [0.717, 1.165) is 30.3 Å². The van der Waals surface area contributed by atoms with Gasteiger partial charge in [-0.1, -0.05) is 6.07 Å². The summed E-state index contributed by atoms with van der Waals surface area (Å²) in [6.45, 7) is 2.75. The molecule has 0 fully saturated rings. The number of carbonyl (C=O) groups excluding carboxylic acids is 1. The van der Waals surface area contributed by atoms with Crippen molar-refractivity contribution in [3.8, 4) is 0 Å². The molecule has 1 amide bonds. The Labute approximate surface area is 143 Å². The summed E-state index contributed by atoms with van der Waals surface area (Å²) < 4.78 is 38.4. The smallest absolute Gasteiger partial charge is 0.269 e. The number of nitrogens with zero attached hydrogens (tertiary/aromatic N) is 1. The molecule has 0 aliphatic rings. The normalized spacial score (nSPS) is 12.4. The van der Waals surface area contributed by atoms with E-state index in [0.29, 0.717) is 5.56 Å². The average Bonchev–Trinajstić information content (AvgIpc) is 2.57. The first kappa shape index (κ1) is 18.5. The standard InChI is InChI=1S/C16H15FN2O5S/c1-10-3-4-12(9-15(10)17)18-16(20)11(2)25(23,24)14-7-5-13(6-8-14)19(21)22/h3-9,11H,1-2H3,(H,18,20). The van der Waals surface area contributed by atoms with Crippen LogP contribution in [0.5, 0.6) is 0 Å². The van der Waals surface area contributed by atoms with Gasteiger partial charge in [0, 0.05) is 17.8 Å². The third-order valence-corrected chi connectivity index (χ3v) is 5.72. The van der Waals surface area contributed by atoms with E-state index < -0.39 is 31.7 Å². The molecule has 2 rings (SSSR count). The lowest BCUT2D eigenvalue weighted by atomic mass is 10.2. The van der Waals surface area contributed by atoms with Crippen LogP contribution in [0.25, 0.3) is 0 Å². The topological polar surface area (TPSA) is 106 Å². The summed E-state index contributed by atoms with van der Waals surface area (Å²) in [6, 6.07) is 8.26. The van der Waals surface area contributed by atoms with Crippen LogP contribution in [0.2, 0.25) is 0 Å². The molecule has 0 saturated heterocycles. The molecule has 0 spiro atoms. The fourth-order valence-electron chi connectivity index (χ4n) is 2.02. The molecule has 9 heteroatoms. The van der Waals surface area contributed by atoms with Gasteiger partial charge in [0.15, 0.2) is 9.84 Å². The molecule has 0 bridgehead atoms. The minimum Gasteiger partial charge on any atom is -0.325 e. The summed E-state index contributed by atoms with van der Waals surface area (Å²) in [5, 5.41) is 11.5. The number of amides is 1. The van der Waals surface area contributed by atoms with Crippen LogP contribution in [0, 0.1) is 22.9 Å². The third-order valence-electron chi connectivity index (χ3n) is 3.65. The second-order valence-electron chi connectivity index (χ2n) is 5.39. The van der Waals surface area contributed by atoms with E-state index in [9.17, 15) is 27.7 Å². The fraction of sp³-hybridized carbons (Fsp3) is 0.188. The molecule has 25 heavy (non-hydrogen) atoms. The summed E-state index contributed by atoms with van der Waals surface area (Å²) in [4.78, 5) is 21.9. The molecule has 0 heterocycles. The zero-order chi connectivity index (χ0) is 18.8.